The third-order valence-corrected chi connectivity index (χ3v) is 5.65. The molecule has 2 aromatic carbocycles. The lowest BCUT2D eigenvalue weighted by Gasteiger charge is -2.26. The van der Waals surface area contributed by atoms with Gasteiger partial charge in [0, 0.05) is 37.7 Å². The molecule has 1 saturated heterocycles. The molecule has 0 bridgehead atoms. The van der Waals surface area contributed by atoms with Gasteiger partial charge in [-0.25, -0.2) is 4.98 Å². The van der Waals surface area contributed by atoms with Crippen molar-refractivity contribution in [3.05, 3.63) is 83.4 Å². The first-order valence-electron chi connectivity index (χ1n) is 10.7. The van der Waals surface area contributed by atoms with Crippen molar-refractivity contribution < 1.29 is 14.3 Å². The SMILES string of the molecule is COc1cccc(Cn2ccnc2CN(CC2CCCO2)C(=O)c2ccc(C)cc2)c1. The molecule has 0 radical (unpaired) electrons. The Hall–Kier alpha value is -3.12. The van der Waals surface area contributed by atoms with Gasteiger partial charge in [-0.1, -0.05) is 29.8 Å². The predicted molar refractivity (Wildman–Crippen MR) is 119 cm³/mol. The van der Waals surface area contributed by atoms with Gasteiger partial charge in [0.25, 0.3) is 5.91 Å². The van der Waals surface area contributed by atoms with Crippen LogP contribution in [0.25, 0.3) is 0 Å². The van der Waals surface area contributed by atoms with Crippen LogP contribution in [-0.4, -0.2) is 46.7 Å². The number of ether oxygens (including phenoxy) is 2. The highest BCUT2D eigenvalue weighted by Gasteiger charge is 2.25. The highest BCUT2D eigenvalue weighted by Crippen LogP contribution is 2.19. The summed E-state index contributed by atoms with van der Waals surface area (Å²) in [5.74, 6) is 1.68. The summed E-state index contributed by atoms with van der Waals surface area (Å²) in [7, 11) is 1.67. The van der Waals surface area contributed by atoms with Crippen LogP contribution in [-0.2, 0) is 17.8 Å². The minimum absolute atomic E-state index is 0.00595. The second kappa shape index (κ2) is 9.79. The fraction of sp³-hybridized carbons (Fsp3) is 0.360. The Labute approximate surface area is 183 Å². The van der Waals surface area contributed by atoms with Gasteiger partial charge < -0.3 is 18.9 Å². The number of amides is 1. The first-order chi connectivity index (χ1) is 15.1. The lowest BCUT2D eigenvalue weighted by Crippen LogP contribution is -2.37. The monoisotopic (exact) mass is 419 g/mol. The molecule has 1 aliphatic rings. The molecule has 1 aromatic heterocycles. The number of carbonyl (C=O) groups excluding carboxylic acids is 1. The normalized spacial score (nSPS) is 15.7. The van der Waals surface area contributed by atoms with E-state index in [1.807, 2.05) is 60.5 Å². The Morgan fingerprint density at radius 3 is 2.84 bits per heavy atom. The second-order valence-corrected chi connectivity index (χ2v) is 8.01. The average molecular weight is 420 g/mol. The molecule has 0 saturated carbocycles. The maximum atomic E-state index is 13.3. The summed E-state index contributed by atoms with van der Waals surface area (Å²) < 4.78 is 13.2. The molecule has 1 unspecified atom stereocenters. The van der Waals surface area contributed by atoms with E-state index in [0.717, 1.165) is 42.1 Å². The van der Waals surface area contributed by atoms with Crippen LogP contribution in [0.3, 0.4) is 0 Å². The Morgan fingerprint density at radius 2 is 2.10 bits per heavy atom. The van der Waals surface area contributed by atoms with Crippen molar-refractivity contribution in [2.75, 3.05) is 20.3 Å². The number of imidazole rings is 1. The minimum Gasteiger partial charge on any atom is -0.497 e. The van der Waals surface area contributed by atoms with Gasteiger partial charge in [-0.2, -0.15) is 0 Å². The standard InChI is InChI=1S/C25H29N3O3/c1-19-8-10-21(11-9-19)25(29)28(17-23-7-4-14-31-23)18-24-26-12-13-27(24)16-20-5-3-6-22(15-20)30-2/h3,5-6,8-13,15,23H,4,7,14,16-18H2,1-2H3. The number of hydrogen-bond donors (Lipinski definition) is 0. The molecular weight excluding hydrogens is 390 g/mol. The number of nitrogens with zero attached hydrogens (tertiary/aromatic N) is 3. The third kappa shape index (κ3) is 5.33. The molecule has 6 nitrogen and oxygen atoms in total. The zero-order chi connectivity index (χ0) is 21.6. The topological polar surface area (TPSA) is 56.6 Å². The average Bonchev–Trinajstić information content (AvgIpc) is 3.46. The van der Waals surface area contributed by atoms with Crippen LogP contribution in [0.1, 0.15) is 40.2 Å². The van der Waals surface area contributed by atoms with Crippen LogP contribution < -0.4 is 4.74 Å². The molecule has 1 fully saturated rings. The summed E-state index contributed by atoms with van der Waals surface area (Å²) in [5.41, 5.74) is 2.94. The molecule has 1 aliphatic heterocycles. The molecule has 2 heterocycles. The van der Waals surface area contributed by atoms with Crippen LogP contribution in [0.15, 0.2) is 60.9 Å². The van der Waals surface area contributed by atoms with Crippen LogP contribution in [0.4, 0.5) is 0 Å². The number of hydrogen-bond acceptors (Lipinski definition) is 4. The summed E-state index contributed by atoms with van der Waals surface area (Å²) in [5, 5.41) is 0. The van der Waals surface area contributed by atoms with Gasteiger partial charge in [0.2, 0.25) is 0 Å². The van der Waals surface area contributed by atoms with Crippen molar-refractivity contribution in [1.29, 1.82) is 0 Å². The van der Waals surface area contributed by atoms with Crippen LogP contribution in [0.5, 0.6) is 5.75 Å². The molecule has 1 atom stereocenters. The zero-order valence-electron chi connectivity index (χ0n) is 18.2. The van der Waals surface area contributed by atoms with Crippen molar-refractivity contribution in [3.63, 3.8) is 0 Å². The zero-order valence-corrected chi connectivity index (χ0v) is 18.2. The van der Waals surface area contributed by atoms with E-state index < -0.39 is 0 Å². The summed E-state index contributed by atoms with van der Waals surface area (Å²) in [6.45, 7) is 4.46. The third-order valence-electron chi connectivity index (χ3n) is 5.65. The maximum absolute atomic E-state index is 13.3. The van der Waals surface area contributed by atoms with Crippen molar-refractivity contribution >= 4 is 5.91 Å². The van der Waals surface area contributed by atoms with E-state index in [0.29, 0.717) is 25.2 Å². The quantitative estimate of drug-likeness (QED) is 0.552. The smallest absolute Gasteiger partial charge is 0.254 e. The van der Waals surface area contributed by atoms with Gasteiger partial charge in [0.1, 0.15) is 11.6 Å². The number of aromatic nitrogens is 2. The van der Waals surface area contributed by atoms with Crippen molar-refractivity contribution in [2.45, 2.75) is 39.0 Å². The van der Waals surface area contributed by atoms with Crippen LogP contribution in [0.2, 0.25) is 0 Å². The van der Waals surface area contributed by atoms with Crippen LogP contribution in [0, 0.1) is 6.92 Å². The highest BCUT2D eigenvalue weighted by atomic mass is 16.5. The molecular formula is C25H29N3O3. The van der Waals surface area contributed by atoms with Gasteiger partial charge in [-0.3, -0.25) is 4.79 Å². The van der Waals surface area contributed by atoms with Crippen molar-refractivity contribution in [3.8, 4) is 5.75 Å². The van der Waals surface area contributed by atoms with Gasteiger partial charge in [0.15, 0.2) is 0 Å². The largest absolute Gasteiger partial charge is 0.497 e. The summed E-state index contributed by atoms with van der Waals surface area (Å²) in [6.07, 6.45) is 5.85. The minimum atomic E-state index is 0.00595. The fourth-order valence-electron chi connectivity index (χ4n) is 3.91. The molecule has 6 heteroatoms. The van der Waals surface area contributed by atoms with E-state index in [9.17, 15) is 4.79 Å². The highest BCUT2D eigenvalue weighted by molar-refractivity contribution is 5.94. The Balaban J connectivity index is 1.54. The molecule has 1 amide bonds. The molecule has 162 valence electrons. The molecule has 0 spiro atoms. The number of aryl methyl sites for hydroxylation is 1. The lowest BCUT2D eigenvalue weighted by molar-refractivity contribution is 0.0499. The number of methoxy groups -OCH3 is 1. The van der Waals surface area contributed by atoms with E-state index in [2.05, 4.69) is 15.6 Å². The fourth-order valence-corrected chi connectivity index (χ4v) is 3.91. The van der Waals surface area contributed by atoms with E-state index in [4.69, 9.17) is 9.47 Å². The second-order valence-electron chi connectivity index (χ2n) is 8.01. The first-order valence-corrected chi connectivity index (χ1v) is 10.7. The van der Waals surface area contributed by atoms with E-state index in [1.165, 1.54) is 0 Å². The van der Waals surface area contributed by atoms with Crippen molar-refractivity contribution in [2.24, 2.45) is 0 Å². The Kier molecular flexibility index (Phi) is 6.67. The molecule has 31 heavy (non-hydrogen) atoms. The van der Waals surface area contributed by atoms with Crippen molar-refractivity contribution in [1.82, 2.24) is 14.5 Å². The van der Waals surface area contributed by atoms with Crippen LogP contribution >= 0.6 is 0 Å². The van der Waals surface area contributed by atoms with E-state index in [-0.39, 0.29) is 12.0 Å². The van der Waals surface area contributed by atoms with E-state index >= 15 is 0 Å². The summed E-state index contributed by atoms with van der Waals surface area (Å²) in [6, 6.07) is 15.7. The lowest BCUT2D eigenvalue weighted by atomic mass is 10.1. The first kappa shape index (κ1) is 21.1. The van der Waals surface area contributed by atoms with E-state index in [1.54, 1.807) is 13.3 Å². The summed E-state index contributed by atoms with van der Waals surface area (Å²) >= 11 is 0. The number of benzene rings is 2. The number of rotatable bonds is 8. The Morgan fingerprint density at radius 1 is 1.26 bits per heavy atom. The van der Waals surface area contributed by atoms with Gasteiger partial charge in [0.05, 0.1) is 19.8 Å². The molecule has 4 rings (SSSR count). The van der Waals surface area contributed by atoms with Gasteiger partial charge in [-0.15, -0.1) is 0 Å². The molecule has 3 aromatic rings. The maximum Gasteiger partial charge on any atom is 0.254 e. The predicted octanol–water partition coefficient (Wildman–Crippen LogP) is 4.07. The van der Waals surface area contributed by atoms with Gasteiger partial charge >= 0.3 is 0 Å². The summed E-state index contributed by atoms with van der Waals surface area (Å²) in [4.78, 5) is 19.8. The number of carbonyl (C=O) groups is 1. The Bertz CT molecular complexity index is 1010. The molecule has 0 N–H and O–H groups in total. The van der Waals surface area contributed by atoms with Gasteiger partial charge in [-0.05, 0) is 49.6 Å². The molecule has 0 aliphatic carbocycles.